The van der Waals surface area contributed by atoms with E-state index in [0.29, 0.717) is 28.1 Å². The van der Waals surface area contributed by atoms with E-state index in [1.165, 1.54) is 0 Å². The molecule has 3 aromatic carbocycles. The van der Waals surface area contributed by atoms with Gasteiger partial charge in [0.05, 0.1) is 11.4 Å². The molecule has 5 aromatic rings. The molecule has 170 valence electrons. The first-order valence-electron chi connectivity index (χ1n) is 11.2. The minimum atomic E-state index is -0.160. The molecule has 7 nitrogen and oxygen atoms in total. The van der Waals surface area contributed by atoms with Crippen LogP contribution >= 0.6 is 0 Å². The summed E-state index contributed by atoms with van der Waals surface area (Å²) in [5.74, 6) is 1.11. The number of aryl methyl sites for hydroxylation is 2. The van der Waals surface area contributed by atoms with Crippen LogP contribution in [0.5, 0.6) is 0 Å². The molecule has 2 N–H and O–H groups in total. The summed E-state index contributed by atoms with van der Waals surface area (Å²) in [7, 11) is 0. The normalized spacial score (nSPS) is 12.1. The Kier molecular flexibility index (Phi) is 5.45. The van der Waals surface area contributed by atoms with Crippen molar-refractivity contribution in [1.29, 1.82) is 0 Å². The van der Waals surface area contributed by atoms with E-state index in [9.17, 15) is 4.79 Å². The van der Waals surface area contributed by atoms with E-state index in [-0.39, 0.29) is 11.5 Å². The number of hydrogen-bond donors (Lipinski definition) is 2. The number of nitrogens with one attached hydrogen (secondary N) is 2. The molecule has 0 aliphatic carbocycles. The first-order valence-corrected chi connectivity index (χ1v) is 11.2. The summed E-state index contributed by atoms with van der Waals surface area (Å²) < 4.78 is 6.48. The van der Waals surface area contributed by atoms with Crippen LogP contribution in [-0.4, -0.2) is 20.6 Å². The van der Waals surface area contributed by atoms with Gasteiger partial charge in [-0.1, -0.05) is 42.0 Å². The number of nitrogens with zero attached hydrogens (tertiary/aromatic N) is 3. The Morgan fingerprint density at radius 3 is 2.56 bits per heavy atom. The van der Waals surface area contributed by atoms with Gasteiger partial charge in [-0.3, -0.25) is 4.79 Å². The number of benzene rings is 3. The van der Waals surface area contributed by atoms with Gasteiger partial charge < -0.3 is 9.73 Å². The topological polar surface area (TPSA) is 96.7 Å². The van der Waals surface area contributed by atoms with Crippen LogP contribution in [0.4, 0.5) is 5.69 Å². The van der Waals surface area contributed by atoms with E-state index in [0.717, 1.165) is 33.5 Å². The van der Waals surface area contributed by atoms with Gasteiger partial charge in [0.25, 0.3) is 0 Å². The summed E-state index contributed by atoms with van der Waals surface area (Å²) in [6.45, 7) is 7.90. The van der Waals surface area contributed by atoms with E-state index >= 15 is 0 Å². The quantitative estimate of drug-likeness (QED) is 0.354. The molecule has 5 rings (SSSR count). The van der Waals surface area contributed by atoms with E-state index in [1.807, 2.05) is 82.3 Å². The highest BCUT2D eigenvalue weighted by atomic mass is 16.3. The largest absolute Gasteiger partial charge is 0.455 e. The first kappa shape index (κ1) is 21.6. The smallest absolute Gasteiger partial charge is 0.206 e. The van der Waals surface area contributed by atoms with Crippen LogP contribution in [0.25, 0.3) is 33.7 Å². The van der Waals surface area contributed by atoms with Gasteiger partial charge in [-0.15, -0.1) is 10.2 Å². The van der Waals surface area contributed by atoms with Gasteiger partial charge >= 0.3 is 0 Å². The van der Waals surface area contributed by atoms with E-state index in [1.54, 1.807) is 0 Å². The number of fused-ring (bicyclic) bond motifs is 1. The zero-order chi connectivity index (χ0) is 23.8. The molecule has 0 saturated carbocycles. The molecule has 0 spiro atoms. The zero-order valence-electron chi connectivity index (χ0n) is 19.5. The highest BCUT2D eigenvalue weighted by Gasteiger charge is 2.20. The Bertz CT molecular complexity index is 1550. The van der Waals surface area contributed by atoms with Crippen molar-refractivity contribution in [3.8, 4) is 22.7 Å². The lowest BCUT2D eigenvalue weighted by Gasteiger charge is -2.20. The average Bonchev–Trinajstić information content (AvgIpc) is 3.36. The zero-order valence-corrected chi connectivity index (χ0v) is 19.5. The lowest BCUT2D eigenvalue weighted by atomic mass is 9.98. The molecule has 2 heterocycles. The summed E-state index contributed by atoms with van der Waals surface area (Å²) >= 11 is 0. The summed E-state index contributed by atoms with van der Waals surface area (Å²) in [6.07, 6.45) is 0. The Balaban J connectivity index is 1.65. The second kappa shape index (κ2) is 8.59. The van der Waals surface area contributed by atoms with Crippen molar-refractivity contribution in [2.24, 2.45) is 0 Å². The summed E-state index contributed by atoms with van der Waals surface area (Å²) in [5, 5.41) is 18.6. The average molecular weight is 452 g/mol. The number of aromatic amines is 1. The molecule has 0 aliphatic heterocycles. The van der Waals surface area contributed by atoms with E-state index in [4.69, 9.17) is 4.42 Å². The fraction of sp³-hybridized carbons (Fsp3) is 0.185. The molecule has 0 fully saturated rings. The van der Waals surface area contributed by atoms with Crippen LogP contribution in [0.1, 0.15) is 35.2 Å². The maximum absolute atomic E-state index is 13.4. The highest BCUT2D eigenvalue weighted by Crippen LogP contribution is 2.34. The summed E-state index contributed by atoms with van der Waals surface area (Å²) in [4.78, 5) is 13.4. The summed E-state index contributed by atoms with van der Waals surface area (Å²) in [6, 6.07) is 19.6. The molecule has 0 bridgehead atoms. The third kappa shape index (κ3) is 3.85. The van der Waals surface area contributed by atoms with Gasteiger partial charge in [-0.25, -0.2) is 0 Å². The van der Waals surface area contributed by atoms with Crippen molar-refractivity contribution in [2.45, 2.75) is 33.7 Å². The van der Waals surface area contributed by atoms with Crippen molar-refractivity contribution >= 4 is 16.7 Å². The molecule has 1 atom stereocenters. The Labute approximate surface area is 196 Å². The summed E-state index contributed by atoms with van der Waals surface area (Å²) in [5.41, 5.74) is 6.79. The van der Waals surface area contributed by atoms with Crippen LogP contribution in [0.2, 0.25) is 0 Å². The molecule has 0 unspecified atom stereocenters. The Hall–Kier alpha value is -4.26. The van der Waals surface area contributed by atoms with Crippen LogP contribution in [0.3, 0.4) is 0 Å². The molecule has 7 heteroatoms. The minimum Gasteiger partial charge on any atom is -0.455 e. The van der Waals surface area contributed by atoms with E-state index in [2.05, 4.69) is 32.0 Å². The van der Waals surface area contributed by atoms with Crippen molar-refractivity contribution in [1.82, 2.24) is 20.6 Å². The van der Waals surface area contributed by atoms with Crippen LogP contribution in [0.15, 0.2) is 69.9 Å². The third-order valence-corrected chi connectivity index (χ3v) is 6.02. The second-order valence-corrected chi connectivity index (χ2v) is 8.63. The number of rotatable bonds is 5. The highest BCUT2D eigenvalue weighted by molar-refractivity contribution is 5.85. The maximum Gasteiger partial charge on any atom is 0.206 e. The lowest BCUT2D eigenvalue weighted by molar-refractivity contribution is 0.605. The molecule has 0 saturated heterocycles. The number of para-hydroxylation sites is 1. The van der Waals surface area contributed by atoms with Crippen molar-refractivity contribution in [2.75, 3.05) is 5.32 Å². The van der Waals surface area contributed by atoms with Gasteiger partial charge in [0.1, 0.15) is 11.3 Å². The molecule has 34 heavy (non-hydrogen) atoms. The molecule has 0 radical (unpaired) electrons. The number of anilines is 1. The van der Waals surface area contributed by atoms with Crippen molar-refractivity contribution in [3.05, 3.63) is 93.1 Å². The third-order valence-electron chi connectivity index (χ3n) is 6.02. The van der Waals surface area contributed by atoms with Gasteiger partial charge in [0.15, 0.2) is 5.43 Å². The number of tetrazole rings is 1. The monoisotopic (exact) mass is 451 g/mol. The van der Waals surface area contributed by atoms with Crippen LogP contribution in [-0.2, 0) is 0 Å². The first-order chi connectivity index (χ1) is 16.4. The number of hydrogen-bond acceptors (Lipinski definition) is 6. The predicted octanol–water partition coefficient (Wildman–Crippen LogP) is 5.74. The Morgan fingerprint density at radius 2 is 1.79 bits per heavy atom. The van der Waals surface area contributed by atoms with Crippen molar-refractivity contribution < 1.29 is 4.42 Å². The SMILES string of the molecule is Cc1cccc(-c2oc3c([C@@H](C)Nc4ccccc4-c4nn[nH]n4)cc(C)cc3c(=O)c2C)c1. The lowest BCUT2D eigenvalue weighted by Crippen LogP contribution is -2.13. The fourth-order valence-corrected chi connectivity index (χ4v) is 4.34. The maximum atomic E-state index is 13.4. The fourth-order valence-electron chi connectivity index (χ4n) is 4.34. The number of H-pyrrole nitrogens is 1. The Morgan fingerprint density at radius 1 is 0.971 bits per heavy atom. The standard InChI is InChI=1S/C27H25N5O2/c1-15-8-7-9-19(12-15)25-17(3)24(33)22-14-16(2)13-21(26(22)34-25)18(4)28-23-11-6-5-10-20(23)27-29-31-32-30-27/h5-14,18,28H,1-4H3,(H,29,30,31,32)/t18-/m1/s1. The molecule has 0 aliphatic rings. The minimum absolute atomic E-state index is 0.0119. The van der Waals surface area contributed by atoms with Crippen LogP contribution in [0, 0.1) is 20.8 Å². The molecular weight excluding hydrogens is 426 g/mol. The predicted molar refractivity (Wildman–Crippen MR) is 134 cm³/mol. The van der Waals surface area contributed by atoms with Crippen LogP contribution < -0.4 is 10.7 Å². The van der Waals surface area contributed by atoms with Gasteiger partial charge in [0, 0.05) is 27.9 Å². The molecule has 0 amide bonds. The van der Waals surface area contributed by atoms with Gasteiger partial charge in [0.2, 0.25) is 5.82 Å². The number of aromatic nitrogens is 4. The second-order valence-electron chi connectivity index (χ2n) is 8.63. The van der Waals surface area contributed by atoms with Crippen molar-refractivity contribution in [3.63, 3.8) is 0 Å². The molecule has 2 aromatic heterocycles. The van der Waals surface area contributed by atoms with E-state index < -0.39 is 0 Å². The van der Waals surface area contributed by atoms with Gasteiger partial charge in [-0.05, 0) is 62.7 Å². The van der Waals surface area contributed by atoms with Gasteiger partial charge in [-0.2, -0.15) is 5.21 Å². The molecular formula is C27H25N5O2.